The lowest BCUT2D eigenvalue weighted by atomic mass is 9.89. The van der Waals surface area contributed by atoms with Crippen molar-refractivity contribution < 1.29 is 14.3 Å². The molecule has 2 aliphatic heterocycles. The molecule has 134 valence electrons. The minimum absolute atomic E-state index is 0. The van der Waals surface area contributed by atoms with Crippen molar-refractivity contribution >= 4 is 24.0 Å². The molecule has 2 unspecified atom stereocenters. The highest BCUT2D eigenvalue weighted by atomic mass is 35.5. The number of methoxy groups -OCH3 is 1. The quantitative estimate of drug-likeness (QED) is 0.739. The molecule has 2 aliphatic rings. The van der Waals surface area contributed by atoms with Gasteiger partial charge in [0.2, 0.25) is 5.91 Å². The van der Waals surface area contributed by atoms with Crippen molar-refractivity contribution in [1.82, 2.24) is 5.32 Å². The van der Waals surface area contributed by atoms with Gasteiger partial charge in [-0.3, -0.25) is 4.79 Å². The monoisotopic (exact) mass is 354 g/mol. The lowest BCUT2D eigenvalue weighted by Gasteiger charge is -2.28. The maximum absolute atomic E-state index is 12.3. The van der Waals surface area contributed by atoms with Crippen LogP contribution in [0.25, 0.3) is 0 Å². The van der Waals surface area contributed by atoms with E-state index in [0.29, 0.717) is 37.6 Å². The van der Waals surface area contributed by atoms with Crippen molar-refractivity contribution in [1.29, 1.82) is 0 Å². The van der Waals surface area contributed by atoms with Gasteiger partial charge in [0.15, 0.2) is 0 Å². The normalized spacial score (nSPS) is 25.0. The summed E-state index contributed by atoms with van der Waals surface area (Å²) in [6, 6.07) is 8.79. The van der Waals surface area contributed by atoms with Gasteiger partial charge in [-0.05, 0) is 43.7 Å². The van der Waals surface area contributed by atoms with Crippen molar-refractivity contribution in [3.8, 4) is 5.75 Å². The van der Waals surface area contributed by atoms with Crippen molar-refractivity contribution in [3.05, 3.63) is 24.3 Å². The SMILES string of the molecule is COCCOc1cccc(NC(=O)CC2CC3CCC(C2)N3)c1.Cl. The number of amides is 1. The molecule has 2 atom stereocenters. The van der Waals surface area contributed by atoms with E-state index in [9.17, 15) is 4.79 Å². The molecule has 5 nitrogen and oxygen atoms in total. The van der Waals surface area contributed by atoms with E-state index in [1.54, 1.807) is 7.11 Å². The number of anilines is 1. The number of hydrogen-bond donors (Lipinski definition) is 2. The Balaban J connectivity index is 0.00000208. The summed E-state index contributed by atoms with van der Waals surface area (Å²) in [5.74, 6) is 1.36. The zero-order valence-corrected chi connectivity index (χ0v) is 14.9. The first kappa shape index (κ1) is 19.0. The zero-order chi connectivity index (χ0) is 16.1. The van der Waals surface area contributed by atoms with Crippen molar-refractivity contribution in [3.63, 3.8) is 0 Å². The molecule has 24 heavy (non-hydrogen) atoms. The molecule has 6 heteroatoms. The fourth-order valence-corrected chi connectivity index (χ4v) is 3.72. The van der Waals surface area contributed by atoms with E-state index < -0.39 is 0 Å². The molecular weight excluding hydrogens is 328 g/mol. The van der Waals surface area contributed by atoms with E-state index in [2.05, 4.69) is 10.6 Å². The molecule has 2 bridgehead atoms. The number of hydrogen-bond acceptors (Lipinski definition) is 4. The van der Waals surface area contributed by atoms with Gasteiger partial charge in [-0.2, -0.15) is 0 Å². The predicted octanol–water partition coefficient (Wildman–Crippen LogP) is 2.99. The fraction of sp³-hybridized carbons (Fsp3) is 0.611. The lowest BCUT2D eigenvalue weighted by Crippen LogP contribution is -2.39. The second-order valence-electron chi connectivity index (χ2n) is 6.60. The lowest BCUT2D eigenvalue weighted by molar-refractivity contribution is -0.117. The second kappa shape index (κ2) is 9.25. The van der Waals surface area contributed by atoms with E-state index in [1.807, 2.05) is 24.3 Å². The van der Waals surface area contributed by atoms with Crippen molar-refractivity contribution in [2.75, 3.05) is 25.6 Å². The fourth-order valence-electron chi connectivity index (χ4n) is 3.72. The number of carbonyl (C=O) groups excluding carboxylic acids is 1. The summed E-state index contributed by atoms with van der Waals surface area (Å²) in [4.78, 5) is 12.3. The van der Waals surface area contributed by atoms with Crippen LogP contribution in [0.4, 0.5) is 5.69 Å². The van der Waals surface area contributed by atoms with Crippen LogP contribution in [0.3, 0.4) is 0 Å². The molecule has 3 rings (SSSR count). The summed E-state index contributed by atoms with van der Waals surface area (Å²) in [7, 11) is 1.65. The molecule has 0 radical (unpaired) electrons. The van der Waals surface area contributed by atoms with E-state index in [1.165, 1.54) is 12.8 Å². The Kier molecular flexibility index (Phi) is 7.34. The zero-order valence-electron chi connectivity index (χ0n) is 14.1. The predicted molar refractivity (Wildman–Crippen MR) is 97.0 cm³/mol. The topological polar surface area (TPSA) is 59.6 Å². The van der Waals surface area contributed by atoms with Gasteiger partial charge >= 0.3 is 0 Å². The Labute approximate surface area is 149 Å². The van der Waals surface area contributed by atoms with Crippen LogP contribution in [-0.4, -0.2) is 38.3 Å². The molecule has 1 amide bonds. The molecule has 0 saturated carbocycles. The molecular formula is C18H27ClN2O3. The van der Waals surface area contributed by atoms with Crippen LogP contribution in [-0.2, 0) is 9.53 Å². The summed E-state index contributed by atoms with van der Waals surface area (Å²) in [6.07, 6.45) is 5.41. The molecule has 2 N–H and O–H groups in total. The van der Waals surface area contributed by atoms with Crippen LogP contribution in [0, 0.1) is 5.92 Å². The average molecular weight is 355 g/mol. The van der Waals surface area contributed by atoms with E-state index in [0.717, 1.165) is 24.3 Å². The number of ether oxygens (including phenoxy) is 2. The molecule has 2 heterocycles. The van der Waals surface area contributed by atoms with Crippen LogP contribution in [0.5, 0.6) is 5.75 Å². The Morgan fingerprint density at radius 1 is 1.25 bits per heavy atom. The first-order valence-corrected chi connectivity index (χ1v) is 8.50. The Morgan fingerprint density at radius 2 is 2.00 bits per heavy atom. The number of benzene rings is 1. The minimum Gasteiger partial charge on any atom is -0.491 e. The van der Waals surface area contributed by atoms with E-state index in [-0.39, 0.29) is 18.3 Å². The van der Waals surface area contributed by atoms with Gasteiger partial charge in [0.25, 0.3) is 0 Å². The summed E-state index contributed by atoms with van der Waals surface area (Å²) in [5.41, 5.74) is 0.793. The first-order valence-electron chi connectivity index (χ1n) is 8.50. The summed E-state index contributed by atoms with van der Waals surface area (Å²) < 4.78 is 10.5. The van der Waals surface area contributed by atoms with Crippen LogP contribution < -0.4 is 15.4 Å². The van der Waals surface area contributed by atoms with Crippen LogP contribution in [0.2, 0.25) is 0 Å². The summed E-state index contributed by atoms with van der Waals surface area (Å²) in [6.45, 7) is 1.06. The number of carbonyl (C=O) groups is 1. The van der Waals surface area contributed by atoms with Gasteiger partial charge in [-0.1, -0.05) is 6.07 Å². The molecule has 1 aromatic carbocycles. The first-order chi connectivity index (χ1) is 11.2. The number of halogens is 1. The molecule has 0 aromatic heterocycles. The number of piperidine rings is 1. The third-order valence-electron chi connectivity index (χ3n) is 4.72. The third-order valence-corrected chi connectivity index (χ3v) is 4.72. The minimum atomic E-state index is 0. The second-order valence-corrected chi connectivity index (χ2v) is 6.60. The third kappa shape index (κ3) is 5.36. The molecule has 0 spiro atoms. The summed E-state index contributed by atoms with van der Waals surface area (Å²) >= 11 is 0. The maximum Gasteiger partial charge on any atom is 0.224 e. The van der Waals surface area contributed by atoms with E-state index in [4.69, 9.17) is 9.47 Å². The Hall–Kier alpha value is -1.30. The van der Waals surface area contributed by atoms with Crippen molar-refractivity contribution in [2.45, 2.75) is 44.2 Å². The van der Waals surface area contributed by atoms with Crippen LogP contribution >= 0.6 is 12.4 Å². The standard InChI is InChI=1S/C18H26N2O3.ClH/c1-22-7-8-23-17-4-2-3-14(12-17)20-18(21)11-13-9-15-5-6-16(10-13)19-15;/h2-4,12-13,15-16,19H,5-11H2,1H3,(H,20,21);1H. The van der Waals surface area contributed by atoms with Gasteiger partial charge in [0.1, 0.15) is 12.4 Å². The van der Waals surface area contributed by atoms with Gasteiger partial charge < -0.3 is 20.1 Å². The van der Waals surface area contributed by atoms with E-state index >= 15 is 0 Å². The van der Waals surface area contributed by atoms with Crippen molar-refractivity contribution in [2.24, 2.45) is 5.92 Å². The van der Waals surface area contributed by atoms with Crippen LogP contribution in [0.1, 0.15) is 32.1 Å². The highest BCUT2D eigenvalue weighted by Crippen LogP contribution is 2.32. The maximum atomic E-state index is 12.3. The largest absolute Gasteiger partial charge is 0.491 e. The van der Waals surface area contributed by atoms with Crippen LogP contribution in [0.15, 0.2) is 24.3 Å². The molecule has 1 aromatic rings. The highest BCUT2D eigenvalue weighted by Gasteiger charge is 2.34. The average Bonchev–Trinajstić information content (AvgIpc) is 2.86. The van der Waals surface area contributed by atoms with Gasteiger partial charge in [0.05, 0.1) is 6.61 Å². The summed E-state index contributed by atoms with van der Waals surface area (Å²) in [5, 5.41) is 6.62. The molecule has 2 fully saturated rings. The van der Waals surface area contributed by atoms with Gasteiger partial charge in [0, 0.05) is 37.4 Å². The number of nitrogens with one attached hydrogen (secondary N) is 2. The Bertz CT molecular complexity index is 529. The van der Waals surface area contributed by atoms with Gasteiger partial charge in [-0.15, -0.1) is 12.4 Å². The molecule has 2 saturated heterocycles. The number of fused-ring (bicyclic) bond motifs is 2. The highest BCUT2D eigenvalue weighted by molar-refractivity contribution is 5.91. The smallest absolute Gasteiger partial charge is 0.224 e. The van der Waals surface area contributed by atoms with Gasteiger partial charge in [-0.25, -0.2) is 0 Å². The molecule has 0 aliphatic carbocycles. The Morgan fingerprint density at radius 3 is 2.71 bits per heavy atom. The number of rotatable bonds is 7.